The predicted molar refractivity (Wildman–Crippen MR) is 171 cm³/mol. The van der Waals surface area contributed by atoms with E-state index in [0.717, 1.165) is 12.8 Å². The number of nitrogens with zero attached hydrogens (tertiary/aromatic N) is 1. The van der Waals surface area contributed by atoms with Crippen LogP contribution in [0, 0.1) is 5.92 Å². The lowest BCUT2D eigenvalue weighted by atomic mass is 10.0. The maximum Gasteiger partial charge on any atom is 0.387 e. The number of pyridine rings is 1. The van der Waals surface area contributed by atoms with E-state index in [4.69, 9.17) is 37.6 Å². The molecular weight excluding hydrogens is 698 g/mol. The summed E-state index contributed by atoms with van der Waals surface area (Å²) in [4.78, 5) is 33.2. The molecule has 1 aliphatic carbocycles. The number of β-amino-alcohol motifs (C(OH)–C–C–N with tert-alkyl or cyclic N) is 1. The fraction of sp³-hybridized carbons (Fsp3) is 0.419. The number of carbonyl (C=O) groups excluding carboxylic acids is 1. The Morgan fingerprint density at radius 1 is 1.08 bits per heavy atom. The van der Waals surface area contributed by atoms with Crippen molar-refractivity contribution in [3.63, 3.8) is 0 Å². The first-order valence-corrected chi connectivity index (χ1v) is 17.0. The van der Waals surface area contributed by atoms with Crippen molar-refractivity contribution in [1.29, 1.82) is 0 Å². The zero-order chi connectivity index (χ0) is 35.2. The summed E-state index contributed by atoms with van der Waals surface area (Å²) in [5.41, 5.74) is 0.871. The molecule has 0 bridgehead atoms. The standard InChI is InChI=1S/C31H36Cl2F2N3O9P/c1-31(2,3)36-12-24(39)19-6-7-21(26(10-19)45-17-46-48(41,42)43)13-38-14-22(32)28(23(33)15-38)37-29(40)20-8-9-25(47-30(34)35)27(11-20)44-16-18-4-5-18/h6-11,14-15,18,24,30,36,39H,4-5,12-13,16-17H2,1-3H3,(H2,41,42,43). The maximum absolute atomic E-state index is 13.1. The van der Waals surface area contributed by atoms with Gasteiger partial charge in [-0.25, -0.2) is 0 Å². The summed E-state index contributed by atoms with van der Waals surface area (Å²) in [6, 6.07) is 8.65. The van der Waals surface area contributed by atoms with Gasteiger partial charge < -0.3 is 39.7 Å². The number of phosphoric acid groups is 1. The zero-order valence-electron chi connectivity index (χ0n) is 26.3. The number of rotatable bonds is 16. The molecule has 2 aromatic carbocycles. The summed E-state index contributed by atoms with van der Waals surface area (Å²) in [7, 11) is -5.07. The normalized spacial score (nSPS) is 15.1. The molecule has 1 saturated carbocycles. The van der Waals surface area contributed by atoms with Crippen molar-refractivity contribution >= 4 is 42.6 Å². The van der Waals surface area contributed by atoms with Crippen molar-refractivity contribution < 1.29 is 56.3 Å². The number of aliphatic hydroxyl groups is 1. The van der Waals surface area contributed by atoms with Crippen LogP contribution in [0.3, 0.4) is 0 Å². The molecule has 2 atom stereocenters. The molecule has 0 radical (unpaired) electrons. The molecule has 17 heteroatoms. The summed E-state index contributed by atoms with van der Waals surface area (Å²) in [5.74, 6) is -0.365. The van der Waals surface area contributed by atoms with Crippen LogP contribution < -0.4 is 34.3 Å². The minimum Gasteiger partial charge on any atom is -0.756 e. The molecule has 1 amide bonds. The van der Waals surface area contributed by atoms with Crippen molar-refractivity contribution in [3.05, 3.63) is 75.5 Å². The second-order valence-electron chi connectivity index (χ2n) is 12.1. The highest BCUT2D eigenvalue weighted by atomic mass is 35.5. The largest absolute Gasteiger partial charge is 0.756 e. The Hall–Kier alpha value is -3.07. The smallest absolute Gasteiger partial charge is 0.387 e. The van der Waals surface area contributed by atoms with E-state index in [1.807, 2.05) is 20.8 Å². The van der Waals surface area contributed by atoms with Crippen LogP contribution in [0.5, 0.6) is 17.2 Å². The first kappa shape index (κ1) is 37.7. The monoisotopic (exact) mass is 733 g/mol. The third-order valence-corrected chi connectivity index (χ3v) is 7.96. The molecule has 0 saturated heterocycles. The minimum atomic E-state index is -5.07. The van der Waals surface area contributed by atoms with Crippen LogP contribution >= 0.6 is 31.0 Å². The number of anilines is 1. The Kier molecular flexibility index (Phi) is 12.7. The number of hydrogen-bond acceptors (Lipinski definition) is 9. The van der Waals surface area contributed by atoms with Gasteiger partial charge in [-0.2, -0.15) is 13.3 Å². The van der Waals surface area contributed by atoms with Crippen LogP contribution in [0.2, 0.25) is 10.0 Å². The predicted octanol–water partition coefficient (Wildman–Crippen LogP) is 5.21. The number of halogens is 4. The van der Waals surface area contributed by atoms with Crippen LogP contribution in [0.1, 0.15) is 61.2 Å². The van der Waals surface area contributed by atoms with Gasteiger partial charge in [0.15, 0.2) is 37.2 Å². The van der Waals surface area contributed by atoms with Crippen LogP contribution in [-0.4, -0.2) is 48.0 Å². The molecule has 3 aromatic rings. The number of ether oxygens (including phenoxy) is 3. The summed E-state index contributed by atoms with van der Waals surface area (Å²) in [6.45, 7) is 2.55. The van der Waals surface area contributed by atoms with E-state index in [2.05, 4.69) is 19.9 Å². The van der Waals surface area contributed by atoms with Gasteiger partial charge in [0.2, 0.25) is 0 Å². The Balaban J connectivity index is 1.52. The number of aromatic nitrogens is 1. The molecule has 0 aliphatic heterocycles. The van der Waals surface area contributed by atoms with Crippen LogP contribution in [-0.2, 0) is 15.6 Å². The highest BCUT2D eigenvalue weighted by Gasteiger charge is 2.25. The van der Waals surface area contributed by atoms with Gasteiger partial charge in [0.05, 0.1) is 24.0 Å². The van der Waals surface area contributed by atoms with E-state index in [9.17, 15) is 28.1 Å². The zero-order valence-corrected chi connectivity index (χ0v) is 28.7. The van der Waals surface area contributed by atoms with Crippen molar-refractivity contribution in [2.75, 3.05) is 25.3 Å². The van der Waals surface area contributed by atoms with Gasteiger partial charge in [-0.1, -0.05) is 29.3 Å². The van der Waals surface area contributed by atoms with E-state index in [1.54, 1.807) is 16.7 Å². The molecule has 4 rings (SSSR count). The highest BCUT2D eigenvalue weighted by molar-refractivity contribution is 7.44. The number of phosphoric ester groups is 1. The van der Waals surface area contributed by atoms with Crippen molar-refractivity contribution in [2.45, 2.75) is 58.4 Å². The summed E-state index contributed by atoms with van der Waals surface area (Å²) >= 11 is 13.0. The van der Waals surface area contributed by atoms with Gasteiger partial charge >= 0.3 is 6.61 Å². The van der Waals surface area contributed by atoms with E-state index in [-0.39, 0.29) is 57.2 Å². The Morgan fingerprint density at radius 2 is 1.77 bits per heavy atom. The molecule has 1 heterocycles. The number of amides is 1. The molecule has 1 aliphatic rings. The Labute approximate surface area is 286 Å². The van der Waals surface area contributed by atoms with E-state index in [1.165, 1.54) is 36.7 Å². The third kappa shape index (κ3) is 11.8. The second-order valence-corrected chi connectivity index (χ2v) is 14.1. The number of carbonyl (C=O) groups is 1. The topological polar surface area (TPSA) is 163 Å². The first-order valence-electron chi connectivity index (χ1n) is 14.8. The third-order valence-electron chi connectivity index (χ3n) is 6.95. The maximum atomic E-state index is 13.1. The number of nitrogens with one attached hydrogen (secondary N) is 2. The number of benzene rings is 2. The molecule has 4 N–H and O–H groups in total. The lowest BCUT2D eigenvalue weighted by molar-refractivity contribution is -0.688. The minimum absolute atomic E-state index is 0.00225. The first-order chi connectivity index (χ1) is 22.5. The summed E-state index contributed by atoms with van der Waals surface area (Å²) < 4.78 is 58.5. The lowest BCUT2D eigenvalue weighted by Crippen LogP contribution is -2.38. The molecule has 48 heavy (non-hydrogen) atoms. The molecule has 2 unspecified atom stereocenters. The van der Waals surface area contributed by atoms with E-state index < -0.39 is 33.2 Å². The van der Waals surface area contributed by atoms with Crippen molar-refractivity contribution in [2.24, 2.45) is 5.92 Å². The van der Waals surface area contributed by atoms with Gasteiger partial charge in [0.25, 0.3) is 13.7 Å². The molecule has 12 nitrogen and oxygen atoms in total. The van der Waals surface area contributed by atoms with Crippen LogP contribution in [0.25, 0.3) is 0 Å². The van der Waals surface area contributed by atoms with Gasteiger partial charge in [0, 0.05) is 17.6 Å². The molecule has 0 spiro atoms. The van der Waals surface area contributed by atoms with Crippen LogP contribution in [0.4, 0.5) is 14.5 Å². The molecule has 262 valence electrons. The molecule has 1 aromatic heterocycles. The van der Waals surface area contributed by atoms with E-state index in [0.29, 0.717) is 23.7 Å². The fourth-order valence-corrected chi connectivity index (χ4v) is 5.12. The SMILES string of the molecule is CC(C)(C)NCC(O)c1ccc(C[n+]2cc(Cl)c(NC(=O)c3ccc(OC(F)F)c(OCC4CC4)c3)c(Cl)c2)c(OCOP(=O)([O-])O)c1. The van der Waals surface area contributed by atoms with Crippen LogP contribution in [0.15, 0.2) is 48.8 Å². The average Bonchev–Trinajstić information content (AvgIpc) is 3.81. The molecule has 1 fully saturated rings. The second kappa shape index (κ2) is 16.1. The van der Waals surface area contributed by atoms with Gasteiger partial charge in [-0.05, 0) is 75.4 Å². The Bertz CT molecular complexity index is 1630. The summed E-state index contributed by atoms with van der Waals surface area (Å²) in [6.07, 6.45) is 3.96. The highest BCUT2D eigenvalue weighted by Crippen LogP contribution is 2.36. The lowest BCUT2D eigenvalue weighted by Gasteiger charge is -2.23. The fourth-order valence-electron chi connectivity index (χ4n) is 4.33. The molecular formula is C31H36Cl2F2N3O9P. The summed E-state index contributed by atoms with van der Waals surface area (Å²) in [5, 5.41) is 16.6. The number of hydrogen-bond donors (Lipinski definition) is 4. The quantitative estimate of drug-likeness (QED) is 0.0874. The Morgan fingerprint density at radius 3 is 2.38 bits per heavy atom. The van der Waals surface area contributed by atoms with E-state index >= 15 is 0 Å². The number of aliphatic hydroxyl groups excluding tert-OH is 1. The van der Waals surface area contributed by atoms with Crippen molar-refractivity contribution in [1.82, 2.24) is 5.32 Å². The van der Waals surface area contributed by atoms with Gasteiger partial charge in [-0.3, -0.25) is 13.9 Å². The average molecular weight is 735 g/mol. The number of alkyl halides is 2. The van der Waals surface area contributed by atoms with Crippen molar-refractivity contribution in [3.8, 4) is 17.2 Å². The van der Waals surface area contributed by atoms with Gasteiger partial charge in [-0.15, -0.1) is 0 Å². The van der Waals surface area contributed by atoms with Gasteiger partial charge in [0.1, 0.15) is 15.8 Å².